The van der Waals surface area contributed by atoms with Gasteiger partial charge >= 0.3 is 0 Å². The van der Waals surface area contributed by atoms with Crippen molar-refractivity contribution in [2.75, 3.05) is 0 Å². The molecule has 1 aromatic carbocycles. The monoisotopic (exact) mass is 267 g/mol. The number of rotatable bonds is 1. The highest BCUT2D eigenvalue weighted by Gasteiger charge is 2.28. The van der Waals surface area contributed by atoms with Gasteiger partial charge in [-0.1, -0.05) is 4.40 Å². The Morgan fingerprint density at radius 3 is 2.67 bits per heavy atom. The first-order chi connectivity index (χ1) is 8.38. The van der Waals surface area contributed by atoms with Crippen LogP contribution >= 0.6 is 0 Å². The molecule has 1 atom stereocenters. The summed E-state index contributed by atoms with van der Waals surface area (Å²) >= 11 is -1.25. The van der Waals surface area contributed by atoms with Gasteiger partial charge in [0.1, 0.15) is 21.9 Å². The van der Waals surface area contributed by atoms with Crippen molar-refractivity contribution < 1.29 is 8.94 Å². The van der Waals surface area contributed by atoms with Crippen LogP contribution in [0.15, 0.2) is 22.6 Å². The Balaban J connectivity index is 2.36. The highest BCUT2D eigenvalue weighted by molar-refractivity contribution is 7.91. The van der Waals surface area contributed by atoms with Gasteiger partial charge in [-0.05, 0) is 63.8 Å². The molecule has 18 heavy (non-hydrogen) atoms. The first kappa shape index (κ1) is 13.6. The predicted octanol–water partition coefficient (Wildman–Crippen LogP) is 3.41. The van der Waals surface area contributed by atoms with Gasteiger partial charge < -0.3 is 4.55 Å². The van der Waals surface area contributed by atoms with Gasteiger partial charge in [-0.15, -0.1) is 0 Å². The van der Waals surface area contributed by atoms with Crippen molar-refractivity contribution in [3.05, 3.63) is 35.1 Å². The predicted molar refractivity (Wildman–Crippen MR) is 73.8 cm³/mol. The Labute approximate surface area is 111 Å². The lowest BCUT2D eigenvalue weighted by molar-refractivity contribution is 0.561. The summed E-state index contributed by atoms with van der Waals surface area (Å²) in [6.45, 7) is 5.71. The van der Waals surface area contributed by atoms with Crippen molar-refractivity contribution in [3.8, 4) is 0 Å². The van der Waals surface area contributed by atoms with Crippen LogP contribution in [0.2, 0.25) is 0 Å². The molecule has 0 spiro atoms. The van der Waals surface area contributed by atoms with E-state index < -0.39 is 11.4 Å². The topological polar surface area (TPSA) is 35.4 Å². The molecule has 0 aromatic heterocycles. The molecule has 4 heteroatoms. The van der Waals surface area contributed by atoms with Crippen molar-refractivity contribution in [3.63, 3.8) is 0 Å². The molecule has 0 amide bonds. The Morgan fingerprint density at radius 2 is 2.00 bits per heavy atom. The van der Waals surface area contributed by atoms with E-state index in [1.54, 1.807) is 12.1 Å². The molecular weight excluding hydrogens is 249 g/mol. The van der Waals surface area contributed by atoms with Gasteiger partial charge in [-0.2, -0.15) is 0 Å². The summed E-state index contributed by atoms with van der Waals surface area (Å²) in [5.74, 6) is -0.216. The third-order valence-electron chi connectivity index (χ3n) is 2.95. The van der Waals surface area contributed by atoms with Crippen LogP contribution in [0.3, 0.4) is 0 Å². The SMILES string of the molecule is CC(C)(C)[S@+]([O-])N=C1CCCc2cc(F)ccc21. The summed E-state index contributed by atoms with van der Waals surface area (Å²) < 4.78 is 29.2. The molecule has 0 unspecified atom stereocenters. The minimum absolute atomic E-state index is 0.216. The highest BCUT2D eigenvalue weighted by atomic mass is 32.2. The fourth-order valence-corrected chi connectivity index (χ4v) is 2.63. The minimum Gasteiger partial charge on any atom is -0.591 e. The van der Waals surface area contributed by atoms with Gasteiger partial charge in [0.25, 0.3) is 0 Å². The lowest BCUT2D eigenvalue weighted by atomic mass is 9.90. The van der Waals surface area contributed by atoms with Crippen LogP contribution in [-0.4, -0.2) is 15.0 Å². The largest absolute Gasteiger partial charge is 0.591 e. The second-order valence-corrected chi connectivity index (χ2v) is 7.46. The first-order valence-corrected chi connectivity index (χ1v) is 7.27. The van der Waals surface area contributed by atoms with Crippen LogP contribution < -0.4 is 0 Å². The summed E-state index contributed by atoms with van der Waals surface area (Å²) in [5, 5.41) is 0. The van der Waals surface area contributed by atoms with E-state index in [4.69, 9.17) is 0 Å². The zero-order chi connectivity index (χ0) is 13.3. The van der Waals surface area contributed by atoms with E-state index in [0.29, 0.717) is 0 Å². The van der Waals surface area contributed by atoms with Gasteiger partial charge in [0.2, 0.25) is 0 Å². The summed E-state index contributed by atoms with van der Waals surface area (Å²) in [6.07, 6.45) is 2.63. The molecule has 0 saturated carbocycles. The molecule has 0 N–H and O–H groups in total. The van der Waals surface area contributed by atoms with E-state index in [2.05, 4.69) is 4.40 Å². The Morgan fingerprint density at radius 1 is 1.28 bits per heavy atom. The molecule has 0 saturated heterocycles. The van der Waals surface area contributed by atoms with Crippen LogP contribution in [-0.2, 0) is 17.8 Å². The molecule has 0 aliphatic heterocycles. The number of benzene rings is 1. The van der Waals surface area contributed by atoms with E-state index in [1.165, 1.54) is 6.07 Å². The van der Waals surface area contributed by atoms with E-state index in [1.807, 2.05) is 20.8 Å². The van der Waals surface area contributed by atoms with Crippen LogP contribution in [0, 0.1) is 5.82 Å². The van der Waals surface area contributed by atoms with Crippen molar-refractivity contribution >= 4 is 17.1 Å². The number of fused-ring (bicyclic) bond motifs is 1. The zero-order valence-electron chi connectivity index (χ0n) is 11.0. The molecule has 0 bridgehead atoms. The van der Waals surface area contributed by atoms with Gasteiger partial charge in [0.15, 0.2) is 0 Å². The summed E-state index contributed by atoms with van der Waals surface area (Å²) in [5.41, 5.74) is 2.79. The Hall–Kier alpha value is -0.870. The third kappa shape index (κ3) is 2.93. The number of aryl methyl sites for hydroxylation is 1. The molecule has 2 rings (SSSR count). The average molecular weight is 267 g/mol. The summed E-state index contributed by atoms with van der Waals surface area (Å²) in [4.78, 5) is 0. The molecule has 1 aliphatic carbocycles. The fraction of sp³-hybridized carbons (Fsp3) is 0.500. The number of halogens is 1. The normalized spacial score (nSPS) is 19.7. The molecule has 0 fully saturated rings. The van der Waals surface area contributed by atoms with Gasteiger partial charge in [0.05, 0.1) is 5.71 Å². The first-order valence-electron chi connectivity index (χ1n) is 6.16. The molecule has 98 valence electrons. The maximum Gasteiger partial charge on any atom is 0.144 e. The second-order valence-electron chi connectivity index (χ2n) is 5.55. The zero-order valence-corrected chi connectivity index (χ0v) is 11.8. The summed E-state index contributed by atoms with van der Waals surface area (Å²) in [6, 6.07) is 4.76. The number of hydrogen-bond donors (Lipinski definition) is 0. The van der Waals surface area contributed by atoms with Crippen molar-refractivity contribution in [2.24, 2.45) is 4.40 Å². The van der Waals surface area contributed by atoms with Gasteiger partial charge in [-0.3, -0.25) is 0 Å². The third-order valence-corrected chi connectivity index (χ3v) is 4.39. The minimum atomic E-state index is -1.25. The van der Waals surface area contributed by atoms with Crippen LogP contribution in [0.25, 0.3) is 0 Å². The Bertz CT molecular complexity index is 479. The lowest BCUT2D eigenvalue weighted by Crippen LogP contribution is -2.27. The van der Waals surface area contributed by atoms with Crippen LogP contribution in [0.4, 0.5) is 4.39 Å². The van der Waals surface area contributed by atoms with E-state index in [0.717, 1.165) is 36.1 Å². The highest BCUT2D eigenvalue weighted by Crippen LogP contribution is 2.25. The molecule has 0 heterocycles. The molecule has 1 aliphatic rings. The van der Waals surface area contributed by atoms with Crippen molar-refractivity contribution in [1.82, 2.24) is 0 Å². The maximum atomic E-state index is 13.2. The second kappa shape index (κ2) is 5.02. The molecular formula is C14H18FNOS. The standard InChI is InChI=1S/C14H18FNOS/c1-14(2,3)18(17)16-13-6-4-5-10-9-11(15)7-8-12(10)13/h7-9H,4-6H2,1-3H3/t18-/m0/s1. The Kier molecular flexibility index (Phi) is 3.78. The van der Waals surface area contributed by atoms with E-state index >= 15 is 0 Å². The fourth-order valence-electron chi connectivity index (χ4n) is 1.96. The van der Waals surface area contributed by atoms with Gasteiger partial charge in [0, 0.05) is 5.56 Å². The van der Waals surface area contributed by atoms with E-state index in [9.17, 15) is 8.94 Å². The van der Waals surface area contributed by atoms with E-state index in [-0.39, 0.29) is 10.6 Å². The maximum absolute atomic E-state index is 13.2. The van der Waals surface area contributed by atoms with Crippen LogP contribution in [0.5, 0.6) is 0 Å². The molecule has 2 nitrogen and oxygen atoms in total. The molecule has 0 radical (unpaired) electrons. The smallest absolute Gasteiger partial charge is 0.144 e. The number of hydrogen-bond acceptors (Lipinski definition) is 2. The average Bonchev–Trinajstić information content (AvgIpc) is 2.27. The van der Waals surface area contributed by atoms with Crippen LogP contribution in [0.1, 0.15) is 44.7 Å². The quantitative estimate of drug-likeness (QED) is 0.718. The number of nitrogens with zero attached hydrogens (tertiary/aromatic N) is 1. The summed E-state index contributed by atoms with van der Waals surface area (Å²) in [7, 11) is 0. The van der Waals surface area contributed by atoms with Crippen molar-refractivity contribution in [1.29, 1.82) is 0 Å². The van der Waals surface area contributed by atoms with Gasteiger partial charge in [-0.25, -0.2) is 4.39 Å². The molecule has 1 aromatic rings. The lowest BCUT2D eigenvalue weighted by Gasteiger charge is -2.22. The van der Waals surface area contributed by atoms with Crippen molar-refractivity contribution in [2.45, 2.75) is 44.8 Å².